The van der Waals surface area contributed by atoms with Gasteiger partial charge >= 0.3 is 27.5 Å². The van der Waals surface area contributed by atoms with Gasteiger partial charge in [0.25, 0.3) is 0 Å². The summed E-state index contributed by atoms with van der Waals surface area (Å²) in [7, 11) is -13.6. The molecule has 59 heavy (non-hydrogen) atoms. The molecule has 0 amide bonds. The van der Waals surface area contributed by atoms with Crippen molar-refractivity contribution in [3.8, 4) is 0 Å². The first-order valence-electron chi connectivity index (χ1n) is 21.5. The van der Waals surface area contributed by atoms with Crippen LogP contribution in [0.15, 0.2) is 80.2 Å². The second-order valence-electron chi connectivity index (χ2n) is 15.6. The Labute approximate surface area is 372 Å². The van der Waals surface area contributed by atoms with Crippen LogP contribution in [0.1, 0.15) is 179 Å². The Hall–Kier alpha value is -2.09. The average Bonchev–Trinajstić information content (AvgIpc) is 3.19. The molecule has 0 fully saturated rings. The minimum atomic E-state index is -5.00. The van der Waals surface area contributed by atoms with E-state index in [1.165, 1.54) is 139 Å². The van der Waals surface area contributed by atoms with Gasteiger partial charge in [0.1, 0.15) is 20.2 Å². The van der Waals surface area contributed by atoms with Crippen molar-refractivity contribution in [3.63, 3.8) is 0 Å². The van der Waals surface area contributed by atoms with E-state index in [0.717, 1.165) is 49.3 Å². The molecule has 10 nitrogen and oxygen atoms in total. The van der Waals surface area contributed by atoms with Gasteiger partial charge in [-0.15, -0.1) is 0 Å². The van der Waals surface area contributed by atoms with Gasteiger partial charge in [0.2, 0.25) is 9.84 Å². The number of sulfone groups is 1. The molecule has 2 N–H and O–H groups in total. The monoisotopic (exact) mass is 953 g/mol. The van der Waals surface area contributed by atoms with E-state index in [9.17, 15) is 34.4 Å². The fourth-order valence-electron chi connectivity index (χ4n) is 7.15. The van der Waals surface area contributed by atoms with Gasteiger partial charge in [0.15, 0.2) is 0 Å². The van der Waals surface area contributed by atoms with E-state index in [1.54, 1.807) is 18.2 Å². The average molecular weight is 955 g/mol. The number of nitrogen functional groups attached to an aromatic ring is 1. The molecule has 14 heteroatoms. The van der Waals surface area contributed by atoms with Crippen LogP contribution >= 0.6 is 0 Å². The van der Waals surface area contributed by atoms with Gasteiger partial charge in [-0.25, -0.2) is 25.3 Å². The summed E-state index contributed by atoms with van der Waals surface area (Å²) in [6.45, 7) is 8.10. The summed E-state index contributed by atoms with van der Waals surface area (Å²) >= 11 is 0.300. The molecule has 3 aromatic rings. The third-order valence-electron chi connectivity index (χ3n) is 10.4. The van der Waals surface area contributed by atoms with Crippen molar-refractivity contribution in [1.82, 2.24) is 0 Å². The number of hydrogen-bond acceptors (Lipinski definition) is 10. The van der Waals surface area contributed by atoms with Crippen molar-refractivity contribution < 1.29 is 61.9 Å². The van der Waals surface area contributed by atoms with Gasteiger partial charge in [0, 0.05) is 5.69 Å². The van der Waals surface area contributed by atoms with E-state index in [1.807, 2.05) is 13.8 Å². The SMILES string of the molecule is CCCCCCCCCCCCc1ccc(S(=O)(=O)[O-])c(S(=O)(=O)c2ccc(N)cc2)c1C(C)C.CCCCCCCCCCCCc1ccc(S(=O)(=O)[O-])cc1.[O]=[Zr+2]. The number of benzene rings is 3. The Morgan fingerprint density at radius 1 is 0.508 bits per heavy atom. The summed E-state index contributed by atoms with van der Waals surface area (Å²) in [4.78, 5) is -1.31. The van der Waals surface area contributed by atoms with E-state index in [2.05, 4.69) is 13.8 Å². The van der Waals surface area contributed by atoms with Crippen molar-refractivity contribution in [1.29, 1.82) is 0 Å². The van der Waals surface area contributed by atoms with E-state index in [-0.39, 0.29) is 15.7 Å². The van der Waals surface area contributed by atoms with Crippen LogP contribution in [0.25, 0.3) is 0 Å². The van der Waals surface area contributed by atoms with Gasteiger partial charge in [-0.05, 0) is 90.8 Å². The van der Waals surface area contributed by atoms with Crippen LogP contribution in [-0.2, 0) is 70.5 Å². The molecule has 0 aliphatic rings. The van der Waals surface area contributed by atoms with Crippen molar-refractivity contribution >= 4 is 35.8 Å². The van der Waals surface area contributed by atoms with E-state index >= 15 is 0 Å². The minimum absolute atomic E-state index is 0.0883. The van der Waals surface area contributed by atoms with Crippen LogP contribution in [0.3, 0.4) is 0 Å². The number of aryl methyl sites for hydroxylation is 2. The Balaban J connectivity index is 0.000000623. The zero-order valence-electron chi connectivity index (χ0n) is 35.9. The fraction of sp³-hybridized carbons (Fsp3) is 0.600. The molecular formula is C45H69NO9S3Zr. The molecule has 330 valence electrons. The van der Waals surface area contributed by atoms with Crippen LogP contribution < -0.4 is 5.73 Å². The molecule has 0 saturated carbocycles. The van der Waals surface area contributed by atoms with Crippen molar-refractivity contribution in [2.24, 2.45) is 0 Å². The molecule has 3 rings (SSSR count). The molecule has 0 aromatic heterocycles. The molecule has 0 radical (unpaired) electrons. The summed E-state index contributed by atoms with van der Waals surface area (Å²) in [6, 6.07) is 14.6. The number of hydrogen-bond donors (Lipinski definition) is 1. The van der Waals surface area contributed by atoms with E-state index in [0.29, 0.717) is 42.4 Å². The van der Waals surface area contributed by atoms with Crippen LogP contribution in [0.2, 0.25) is 0 Å². The van der Waals surface area contributed by atoms with Gasteiger partial charge in [-0.1, -0.05) is 161 Å². The standard InChI is InChI=1S/C27H41NO5S2.C18H30O3S.O.Zr/c1-4-5-6-7-8-9-10-11-12-13-14-22-15-20-25(35(31,32)33)27(26(22)21(2)3)34(29,30)24-18-16-23(28)17-19-24;1-2-3-4-5-6-7-8-9-10-11-12-17-13-15-18(16-14-17)22(19,20)21;;/h15-21H,4-14,28H2,1-3H3,(H,31,32,33);13-16H,2-12H2,1H3,(H,19,20,21);;/q;;;+2/p-2. The predicted octanol–water partition coefficient (Wildman–Crippen LogP) is 11.5. The van der Waals surface area contributed by atoms with E-state index in [4.69, 9.17) is 8.55 Å². The summed E-state index contributed by atoms with van der Waals surface area (Å²) in [5, 5.41) is 0. The molecule has 3 aromatic carbocycles. The molecule has 0 aliphatic heterocycles. The summed E-state index contributed by atoms with van der Waals surface area (Å²) in [5.74, 6) is -0.284. The van der Waals surface area contributed by atoms with Crippen LogP contribution in [0, 0.1) is 0 Å². The van der Waals surface area contributed by atoms with Gasteiger partial charge < -0.3 is 14.8 Å². The third-order valence-corrected chi connectivity index (χ3v) is 14.1. The molecule has 0 heterocycles. The van der Waals surface area contributed by atoms with Crippen LogP contribution in [-0.4, -0.2) is 34.4 Å². The number of anilines is 1. The normalized spacial score (nSPS) is 11.8. The fourth-order valence-corrected chi connectivity index (χ4v) is 10.5. The Morgan fingerprint density at radius 3 is 1.29 bits per heavy atom. The van der Waals surface area contributed by atoms with Crippen molar-refractivity contribution in [2.45, 2.75) is 194 Å². The maximum absolute atomic E-state index is 13.6. The van der Waals surface area contributed by atoms with Gasteiger partial charge in [-0.2, -0.15) is 0 Å². The predicted molar refractivity (Wildman–Crippen MR) is 231 cm³/mol. The first kappa shape index (κ1) is 54.9. The van der Waals surface area contributed by atoms with E-state index < -0.39 is 39.9 Å². The molecule has 0 bridgehead atoms. The van der Waals surface area contributed by atoms with Crippen LogP contribution in [0.4, 0.5) is 5.69 Å². The van der Waals surface area contributed by atoms with Crippen molar-refractivity contribution in [2.75, 3.05) is 5.73 Å². The Morgan fingerprint density at radius 2 is 0.898 bits per heavy atom. The molecular weight excluding hydrogens is 886 g/mol. The first-order chi connectivity index (χ1) is 28.0. The van der Waals surface area contributed by atoms with Crippen molar-refractivity contribution in [3.05, 3.63) is 77.4 Å². The number of nitrogens with two attached hydrogens (primary N) is 1. The van der Waals surface area contributed by atoms with Crippen LogP contribution in [0.5, 0.6) is 0 Å². The van der Waals surface area contributed by atoms with Gasteiger partial charge in [-0.3, -0.25) is 0 Å². The molecule has 0 spiro atoms. The summed E-state index contributed by atoms with van der Waals surface area (Å²) < 4.78 is 104. The number of rotatable bonds is 27. The summed E-state index contributed by atoms with van der Waals surface area (Å²) in [6.07, 6.45) is 26.6. The maximum atomic E-state index is 13.6. The number of unbranched alkanes of at least 4 members (excludes halogenated alkanes) is 18. The Kier molecular flexibility index (Phi) is 28.0. The second kappa shape index (κ2) is 30.0. The van der Waals surface area contributed by atoms with Gasteiger partial charge in [0.05, 0.1) is 19.6 Å². The third kappa shape index (κ3) is 21.5. The zero-order valence-corrected chi connectivity index (χ0v) is 40.8. The second-order valence-corrected chi connectivity index (χ2v) is 20.2. The summed E-state index contributed by atoms with van der Waals surface area (Å²) in [5.41, 5.74) is 8.38. The quantitative estimate of drug-likeness (QED) is 0.0437. The Bertz CT molecular complexity index is 1940. The topological polar surface area (TPSA) is 192 Å². The molecule has 0 atom stereocenters. The molecule has 0 aliphatic carbocycles. The molecule has 0 unspecified atom stereocenters. The first-order valence-corrected chi connectivity index (χ1v) is 26.8. The zero-order chi connectivity index (χ0) is 44.3. The molecule has 0 saturated heterocycles.